The number of rotatable bonds is 2. The Morgan fingerprint density at radius 3 is 2.78 bits per heavy atom. The summed E-state index contributed by atoms with van der Waals surface area (Å²) in [5.41, 5.74) is 3.31. The Kier molecular flexibility index (Phi) is 4.84. The Morgan fingerprint density at radius 2 is 2.00 bits per heavy atom. The van der Waals surface area contributed by atoms with Crippen LogP contribution in [0.4, 0.5) is 11.4 Å². The summed E-state index contributed by atoms with van der Waals surface area (Å²) in [5, 5.41) is 3.00. The van der Waals surface area contributed by atoms with Gasteiger partial charge in [-0.05, 0) is 31.8 Å². The number of amides is 1. The van der Waals surface area contributed by atoms with Crippen molar-refractivity contribution in [3.8, 4) is 0 Å². The molecule has 6 nitrogen and oxygen atoms in total. The number of likely N-dealkylation sites (N-methyl/N-ethyl adjacent to an activating group) is 3. The molecule has 1 amide bonds. The van der Waals surface area contributed by atoms with E-state index >= 15 is 0 Å². The molecule has 1 atom stereocenters. The largest absolute Gasteiger partial charge is 0.373 e. The number of ether oxygens (including phenoxy) is 1. The molecule has 2 aliphatic rings. The number of hydrogen-bond acceptors (Lipinski definition) is 5. The Bertz CT molecular complexity index is 578. The van der Waals surface area contributed by atoms with Crippen molar-refractivity contribution in [3.63, 3.8) is 0 Å². The van der Waals surface area contributed by atoms with Crippen LogP contribution in [0.2, 0.25) is 0 Å². The van der Waals surface area contributed by atoms with Gasteiger partial charge in [0.25, 0.3) is 5.91 Å². The maximum atomic E-state index is 12.4. The summed E-state index contributed by atoms with van der Waals surface area (Å²) < 4.78 is 5.58. The van der Waals surface area contributed by atoms with Crippen molar-refractivity contribution < 1.29 is 9.53 Å². The van der Waals surface area contributed by atoms with E-state index in [9.17, 15) is 4.79 Å². The first kappa shape index (κ1) is 16.2. The van der Waals surface area contributed by atoms with Crippen LogP contribution in [0.25, 0.3) is 0 Å². The van der Waals surface area contributed by atoms with Crippen molar-refractivity contribution in [2.75, 3.05) is 64.1 Å². The van der Waals surface area contributed by atoms with Crippen LogP contribution < -0.4 is 10.2 Å². The lowest BCUT2D eigenvalue weighted by Crippen LogP contribution is -2.46. The summed E-state index contributed by atoms with van der Waals surface area (Å²) in [6.45, 7) is 5.08. The van der Waals surface area contributed by atoms with E-state index in [4.69, 9.17) is 4.74 Å². The summed E-state index contributed by atoms with van der Waals surface area (Å²) in [6.07, 6.45) is -0.392. The second-order valence-electron chi connectivity index (χ2n) is 6.61. The zero-order valence-electron chi connectivity index (χ0n) is 14.2. The predicted octanol–water partition coefficient (Wildman–Crippen LogP) is 0.837. The van der Waals surface area contributed by atoms with Crippen LogP contribution in [0.3, 0.4) is 0 Å². The van der Waals surface area contributed by atoms with E-state index in [0.717, 1.165) is 31.9 Å². The first-order valence-corrected chi connectivity index (χ1v) is 8.16. The third kappa shape index (κ3) is 3.83. The Labute approximate surface area is 138 Å². The van der Waals surface area contributed by atoms with Gasteiger partial charge in [0.1, 0.15) is 6.10 Å². The van der Waals surface area contributed by atoms with E-state index in [1.165, 1.54) is 11.3 Å². The average Bonchev–Trinajstić information content (AvgIpc) is 2.67. The number of anilines is 2. The quantitative estimate of drug-likeness (QED) is 0.875. The van der Waals surface area contributed by atoms with E-state index in [1.807, 2.05) is 13.1 Å². The molecule has 0 aromatic heterocycles. The van der Waals surface area contributed by atoms with Crippen LogP contribution in [0, 0.1) is 0 Å². The fourth-order valence-corrected chi connectivity index (χ4v) is 3.10. The van der Waals surface area contributed by atoms with Gasteiger partial charge < -0.3 is 24.8 Å². The monoisotopic (exact) mass is 318 g/mol. The minimum atomic E-state index is -0.392. The highest BCUT2D eigenvalue weighted by Gasteiger charge is 2.25. The summed E-state index contributed by atoms with van der Waals surface area (Å²) in [5.74, 6) is -0.0649. The zero-order chi connectivity index (χ0) is 16.4. The van der Waals surface area contributed by atoms with Crippen LogP contribution in [-0.2, 0) is 16.1 Å². The SMILES string of the molecule is CN1CCN(C)c2cc(NC(=O)[C@H]3CN(C)CCO3)ccc2C1. The molecule has 1 aromatic rings. The minimum Gasteiger partial charge on any atom is -0.373 e. The van der Waals surface area contributed by atoms with Crippen molar-refractivity contribution in [2.24, 2.45) is 0 Å². The number of fused-ring (bicyclic) bond motifs is 1. The lowest BCUT2D eigenvalue weighted by atomic mass is 10.1. The highest BCUT2D eigenvalue weighted by Crippen LogP contribution is 2.27. The molecule has 2 aliphatic heterocycles. The maximum absolute atomic E-state index is 12.4. The van der Waals surface area contributed by atoms with E-state index < -0.39 is 6.10 Å². The van der Waals surface area contributed by atoms with Crippen LogP contribution in [-0.4, -0.2) is 75.7 Å². The van der Waals surface area contributed by atoms with Gasteiger partial charge in [-0.25, -0.2) is 0 Å². The van der Waals surface area contributed by atoms with E-state index in [-0.39, 0.29) is 5.91 Å². The number of nitrogens with zero attached hydrogens (tertiary/aromatic N) is 3. The molecule has 0 aliphatic carbocycles. The van der Waals surface area contributed by atoms with Gasteiger partial charge >= 0.3 is 0 Å². The number of carbonyl (C=O) groups excluding carboxylic acids is 1. The Hall–Kier alpha value is -1.63. The number of benzene rings is 1. The molecule has 126 valence electrons. The molecule has 1 aromatic carbocycles. The summed E-state index contributed by atoms with van der Waals surface area (Å²) in [6, 6.07) is 6.16. The number of morpholine rings is 1. The van der Waals surface area contributed by atoms with Gasteiger partial charge in [0, 0.05) is 51.1 Å². The molecule has 0 bridgehead atoms. The van der Waals surface area contributed by atoms with Gasteiger partial charge in [0.05, 0.1) is 6.61 Å². The van der Waals surface area contributed by atoms with Crippen LogP contribution in [0.15, 0.2) is 18.2 Å². The highest BCUT2D eigenvalue weighted by atomic mass is 16.5. The molecular formula is C17H26N4O2. The minimum absolute atomic E-state index is 0.0649. The molecule has 23 heavy (non-hydrogen) atoms. The van der Waals surface area contributed by atoms with Gasteiger partial charge in [-0.15, -0.1) is 0 Å². The molecule has 0 spiro atoms. The van der Waals surface area contributed by atoms with E-state index in [2.05, 4.69) is 46.2 Å². The lowest BCUT2D eigenvalue weighted by molar-refractivity contribution is -0.132. The van der Waals surface area contributed by atoms with Crippen molar-refractivity contribution in [1.82, 2.24) is 9.80 Å². The average molecular weight is 318 g/mol. The van der Waals surface area contributed by atoms with Crippen LogP contribution >= 0.6 is 0 Å². The molecule has 0 radical (unpaired) electrons. The molecule has 1 saturated heterocycles. The highest BCUT2D eigenvalue weighted by molar-refractivity contribution is 5.95. The lowest BCUT2D eigenvalue weighted by Gasteiger charge is -2.29. The van der Waals surface area contributed by atoms with Crippen molar-refractivity contribution in [3.05, 3.63) is 23.8 Å². The Balaban J connectivity index is 1.72. The van der Waals surface area contributed by atoms with Crippen LogP contribution in [0.1, 0.15) is 5.56 Å². The fraction of sp³-hybridized carbons (Fsp3) is 0.588. The molecule has 0 unspecified atom stereocenters. The fourth-order valence-electron chi connectivity index (χ4n) is 3.10. The van der Waals surface area contributed by atoms with Gasteiger partial charge in [-0.1, -0.05) is 6.07 Å². The number of nitrogens with one attached hydrogen (secondary N) is 1. The van der Waals surface area contributed by atoms with Crippen molar-refractivity contribution >= 4 is 17.3 Å². The van der Waals surface area contributed by atoms with Gasteiger partial charge in [-0.3, -0.25) is 4.79 Å². The molecule has 2 heterocycles. The third-order valence-electron chi connectivity index (χ3n) is 4.58. The van der Waals surface area contributed by atoms with Gasteiger partial charge in [0.15, 0.2) is 0 Å². The van der Waals surface area contributed by atoms with Crippen molar-refractivity contribution in [2.45, 2.75) is 12.6 Å². The standard InChI is InChI=1S/C17H26N4O2/c1-19-6-7-21(3)15-10-14(5-4-13(15)11-19)18-17(22)16-12-20(2)8-9-23-16/h4-5,10,16H,6-9,11-12H2,1-3H3,(H,18,22)/t16-/m1/s1. The molecule has 3 rings (SSSR count). The summed E-state index contributed by atoms with van der Waals surface area (Å²) in [4.78, 5) is 19.1. The summed E-state index contributed by atoms with van der Waals surface area (Å²) in [7, 11) is 6.25. The van der Waals surface area contributed by atoms with Crippen LogP contribution in [0.5, 0.6) is 0 Å². The van der Waals surface area contributed by atoms with E-state index in [0.29, 0.717) is 13.2 Å². The number of hydrogen-bond donors (Lipinski definition) is 1. The van der Waals surface area contributed by atoms with Gasteiger partial charge in [-0.2, -0.15) is 0 Å². The molecule has 0 saturated carbocycles. The van der Waals surface area contributed by atoms with Gasteiger partial charge in [0.2, 0.25) is 0 Å². The second-order valence-corrected chi connectivity index (χ2v) is 6.61. The number of carbonyl (C=O) groups is 1. The smallest absolute Gasteiger partial charge is 0.254 e. The predicted molar refractivity (Wildman–Crippen MR) is 91.9 cm³/mol. The first-order valence-electron chi connectivity index (χ1n) is 8.16. The molecule has 1 N–H and O–H groups in total. The second kappa shape index (κ2) is 6.86. The molecule has 6 heteroatoms. The van der Waals surface area contributed by atoms with Crippen molar-refractivity contribution in [1.29, 1.82) is 0 Å². The molecule has 1 fully saturated rings. The molecular weight excluding hydrogens is 292 g/mol. The zero-order valence-corrected chi connectivity index (χ0v) is 14.2. The normalized spacial score (nSPS) is 23.3. The third-order valence-corrected chi connectivity index (χ3v) is 4.58. The first-order chi connectivity index (χ1) is 11.0. The Morgan fingerprint density at radius 1 is 1.17 bits per heavy atom. The topological polar surface area (TPSA) is 48.0 Å². The van der Waals surface area contributed by atoms with E-state index in [1.54, 1.807) is 0 Å². The maximum Gasteiger partial charge on any atom is 0.254 e. The summed E-state index contributed by atoms with van der Waals surface area (Å²) >= 11 is 0.